The van der Waals surface area contributed by atoms with Gasteiger partial charge in [-0.3, -0.25) is 0 Å². The summed E-state index contributed by atoms with van der Waals surface area (Å²) >= 11 is 8.51. The van der Waals surface area contributed by atoms with Gasteiger partial charge in [0.15, 0.2) is 5.11 Å². The second-order valence-corrected chi connectivity index (χ2v) is 4.78. The van der Waals surface area contributed by atoms with Crippen LogP contribution in [0.25, 0.3) is 0 Å². The number of nitrogens with zero attached hydrogens (tertiary/aromatic N) is 1. The van der Waals surface area contributed by atoms with Crippen LogP contribution in [0.15, 0.2) is 16.6 Å². The number of anilines is 1. The smallest absolute Gasteiger partial charge is 0.172 e. The maximum absolute atomic E-state index is 5.11. The fourth-order valence-corrected chi connectivity index (χ4v) is 1.59. The molecule has 0 atom stereocenters. The maximum Gasteiger partial charge on any atom is 0.172 e. The summed E-state index contributed by atoms with van der Waals surface area (Å²) < 4.78 is 0.996. The van der Waals surface area contributed by atoms with E-state index in [1.807, 2.05) is 32.9 Å². The highest BCUT2D eigenvalue weighted by atomic mass is 79.9. The number of halogens is 1. The van der Waals surface area contributed by atoms with Crippen LogP contribution in [0.5, 0.6) is 0 Å². The van der Waals surface area contributed by atoms with Crippen molar-refractivity contribution in [2.24, 2.45) is 0 Å². The van der Waals surface area contributed by atoms with Crippen molar-refractivity contribution < 1.29 is 0 Å². The van der Waals surface area contributed by atoms with Crippen molar-refractivity contribution in [3.05, 3.63) is 22.3 Å². The van der Waals surface area contributed by atoms with Crippen molar-refractivity contribution in [2.45, 2.75) is 26.8 Å². The first-order chi connectivity index (χ1) is 6.99. The Bertz CT molecular complexity index is 366. The first-order valence-corrected chi connectivity index (χ1v) is 5.90. The molecule has 0 aliphatic carbocycles. The zero-order valence-corrected chi connectivity index (χ0v) is 11.4. The molecule has 0 saturated carbocycles. The Balaban J connectivity index is 2.65. The summed E-state index contributed by atoms with van der Waals surface area (Å²) in [6, 6.07) is 4.15. The van der Waals surface area contributed by atoms with Gasteiger partial charge in [0.2, 0.25) is 0 Å². The molecule has 0 radical (unpaired) electrons. The van der Waals surface area contributed by atoms with E-state index < -0.39 is 0 Å². The van der Waals surface area contributed by atoms with Crippen LogP contribution >= 0.6 is 28.1 Å². The minimum Gasteiger partial charge on any atom is -0.360 e. The lowest BCUT2D eigenvalue weighted by Crippen LogP contribution is -2.34. The lowest BCUT2D eigenvalue weighted by molar-refractivity contribution is 0.739. The zero-order chi connectivity index (χ0) is 11.4. The van der Waals surface area contributed by atoms with Gasteiger partial charge < -0.3 is 10.6 Å². The van der Waals surface area contributed by atoms with Gasteiger partial charge in [-0.05, 0) is 61.1 Å². The van der Waals surface area contributed by atoms with E-state index in [0.717, 1.165) is 16.0 Å². The van der Waals surface area contributed by atoms with E-state index in [1.54, 1.807) is 0 Å². The van der Waals surface area contributed by atoms with E-state index >= 15 is 0 Å². The molecule has 5 heteroatoms. The number of hydrogen-bond donors (Lipinski definition) is 2. The van der Waals surface area contributed by atoms with E-state index in [1.165, 1.54) is 0 Å². The molecule has 0 spiro atoms. The van der Waals surface area contributed by atoms with Crippen molar-refractivity contribution in [1.29, 1.82) is 0 Å². The van der Waals surface area contributed by atoms with Crippen molar-refractivity contribution >= 4 is 39.1 Å². The van der Waals surface area contributed by atoms with Crippen LogP contribution < -0.4 is 10.6 Å². The van der Waals surface area contributed by atoms with Crippen molar-refractivity contribution in [3.8, 4) is 0 Å². The third-order valence-corrected chi connectivity index (χ3v) is 2.74. The summed E-state index contributed by atoms with van der Waals surface area (Å²) in [6.45, 7) is 6.01. The third kappa shape index (κ3) is 4.13. The molecule has 0 fully saturated rings. The van der Waals surface area contributed by atoms with Gasteiger partial charge >= 0.3 is 0 Å². The lowest BCUT2D eigenvalue weighted by Gasteiger charge is -2.12. The van der Waals surface area contributed by atoms with E-state index in [0.29, 0.717) is 11.2 Å². The highest BCUT2D eigenvalue weighted by Gasteiger charge is 2.02. The van der Waals surface area contributed by atoms with Crippen LogP contribution in [0.2, 0.25) is 0 Å². The minimum atomic E-state index is 0.321. The van der Waals surface area contributed by atoms with Crippen LogP contribution in [0, 0.1) is 6.92 Å². The summed E-state index contributed by atoms with van der Waals surface area (Å²) in [5.74, 6) is 0.758. The van der Waals surface area contributed by atoms with E-state index in [9.17, 15) is 0 Å². The Morgan fingerprint density at radius 1 is 1.47 bits per heavy atom. The number of aromatic nitrogens is 1. The fraction of sp³-hybridized carbons (Fsp3) is 0.400. The number of aryl methyl sites for hydroxylation is 1. The van der Waals surface area contributed by atoms with Crippen molar-refractivity contribution in [3.63, 3.8) is 0 Å². The molecule has 3 nitrogen and oxygen atoms in total. The quantitative estimate of drug-likeness (QED) is 0.821. The average molecular weight is 288 g/mol. The van der Waals surface area contributed by atoms with Crippen LogP contribution in [0.3, 0.4) is 0 Å². The van der Waals surface area contributed by atoms with Gasteiger partial charge in [0, 0.05) is 10.5 Å². The molecule has 0 bridgehead atoms. The van der Waals surface area contributed by atoms with Gasteiger partial charge in [0.1, 0.15) is 5.82 Å². The third-order valence-electron chi connectivity index (χ3n) is 1.68. The number of pyridine rings is 1. The second kappa shape index (κ2) is 5.42. The Kier molecular flexibility index (Phi) is 4.47. The number of hydrogen-bond acceptors (Lipinski definition) is 2. The highest BCUT2D eigenvalue weighted by Crippen LogP contribution is 2.15. The first kappa shape index (κ1) is 12.4. The van der Waals surface area contributed by atoms with Crippen molar-refractivity contribution in [1.82, 2.24) is 10.3 Å². The molecule has 0 amide bonds. The topological polar surface area (TPSA) is 37.0 Å². The van der Waals surface area contributed by atoms with Crippen LogP contribution in [0.4, 0.5) is 5.82 Å². The molecule has 82 valence electrons. The maximum atomic E-state index is 5.11. The molecule has 1 aromatic rings. The van der Waals surface area contributed by atoms with Gasteiger partial charge in [-0.1, -0.05) is 0 Å². The highest BCUT2D eigenvalue weighted by molar-refractivity contribution is 9.10. The zero-order valence-electron chi connectivity index (χ0n) is 8.97. The van der Waals surface area contributed by atoms with E-state index in [2.05, 4.69) is 31.5 Å². The van der Waals surface area contributed by atoms with Gasteiger partial charge in [-0.25, -0.2) is 4.98 Å². The first-order valence-electron chi connectivity index (χ1n) is 4.69. The average Bonchev–Trinajstić information content (AvgIpc) is 2.10. The molecule has 1 rings (SSSR count). The van der Waals surface area contributed by atoms with Gasteiger partial charge in [0.05, 0.1) is 5.69 Å². The summed E-state index contributed by atoms with van der Waals surface area (Å²) in [5.41, 5.74) is 0.937. The van der Waals surface area contributed by atoms with Crippen molar-refractivity contribution in [2.75, 3.05) is 5.32 Å². The molecule has 0 saturated heterocycles. The second-order valence-electron chi connectivity index (χ2n) is 3.52. The molecule has 15 heavy (non-hydrogen) atoms. The standard InChI is InChI=1S/C10H14BrN3S/c1-6(2)12-10(15)14-9-5-4-8(11)7(3)13-9/h4-6H,1-3H3,(H2,12,13,14,15). The molecule has 1 heterocycles. The lowest BCUT2D eigenvalue weighted by atomic mass is 10.4. The Hall–Kier alpha value is -0.680. The predicted octanol–water partition coefficient (Wildman–Crippen LogP) is 2.85. The van der Waals surface area contributed by atoms with E-state index in [-0.39, 0.29) is 0 Å². The van der Waals surface area contributed by atoms with Gasteiger partial charge in [0.25, 0.3) is 0 Å². The predicted molar refractivity (Wildman–Crippen MR) is 71.2 cm³/mol. The molecule has 2 N–H and O–H groups in total. The molecular formula is C10H14BrN3S. The molecular weight excluding hydrogens is 274 g/mol. The summed E-state index contributed by atoms with van der Waals surface area (Å²) in [5, 5.41) is 6.72. The molecule has 0 aliphatic heterocycles. The monoisotopic (exact) mass is 287 g/mol. The molecule has 0 aliphatic rings. The van der Waals surface area contributed by atoms with Gasteiger partial charge in [-0.15, -0.1) is 0 Å². The van der Waals surface area contributed by atoms with E-state index in [4.69, 9.17) is 12.2 Å². The van der Waals surface area contributed by atoms with Crippen LogP contribution in [-0.4, -0.2) is 16.1 Å². The SMILES string of the molecule is Cc1nc(NC(=S)NC(C)C)ccc1Br. The summed E-state index contributed by atoms with van der Waals surface area (Å²) in [7, 11) is 0. The Morgan fingerprint density at radius 3 is 2.67 bits per heavy atom. The molecule has 0 unspecified atom stereocenters. The Morgan fingerprint density at radius 2 is 2.13 bits per heavy atom. The fourth-order valence-electron chi connectivity index (χ4n) is 1.03. The number of nitrogens with one attached hydrogen (secondary N) is 2. The Labute approximate surface area is 104 Å². The van der Waals surface area contributed by atoms with Gasteiger partial charge in [-0.2, -0.15) is 0 Å². The minimum absolute atomic E-state index is 0.321. The van der Waals surface area contributed by atoms with Crippen LogP contribution in [0.1, 0.15) is 19.5 Å². The molecule has 1 aromatic heterocycles. The summed E-state index contributed by atoms with van der Waals surface area (Å²) in [4.78, 5) is 4.33. The molecule has 0 aromatic carbocycles. The normalized spacial score (nSPS) is 10.2. The van der Waals surface area contributed by atoms with Crippen LogP contribution in [-0.2, 0) is 0 Å². The number of thiocarbonyl (C=S) groups is 1. The number of rotatable bonds is 2. The largest absolute Gasteiger partial charge is 0.360 e. The summed E-state index contributed by atoms with van der Waals surface area (Å²) in [6.07, 6.45) is 0.